The number of methoxy groups -OCH3 is 1. The highest BCUT2D eigenvalue weighted by Crippen LogP contribution is 2.31. The smallest absolute Gasteiger partial charge is 0.312 e. The van der Waals surface area contributed by atoms with E-state index in [9.17, 15) is 18.0 Å². The number of benzene rings is 1. The maximum absolute atomic E-state index is 13.0. The van der Waals surface area contributed by atoms with Gasteiger partial charge in [0.1, 0.15) is 16.7 Å². The molecular weight excluding hydrogens is 384 g/mol. The number of hydrogen-bond acceptors (Lipinski definition) is 5. The van der Waals surface area contributed by atoms with E-state index in [0.717, 1.165) is 19.3 Å². The predicted octanol–water partition coefficient (Wildman–Crippen LogP) is 1.65. The Morgan fingerprint density at radius 2 is 1.93 bits per heavy atom. The fraction of sp³-hybridized carbons (Fsp3) is 0.556. The number of carbonyl (C=O) groups is 2. The van der Waals surface area contributed by atoms with Crippen LogP contribution < -0.4 is 21.1 Å². The molecule has 28 heavy (non-hydrogen) atoms. The van der Waals surface area contributed by atoms with Gasteiger partial charge in [0.15, 0.2) is 0 Å². The van der Waals surface area contributed by atoms with Crippen LogP contribution in [-0.4, -0.2) is 50.9 Å². The molecule has 1 saturated heterocycles. The highest BCUT2D eigenvalue weighted by molar-refractivity contribution is 7.89. The number of nitrogens with two attached hydrogens (primary N) is 1. The number of ether oxygens (including phenoxy) is 1. The van der Waals surface area contributed by atoms with Crippen LogP contribution in [0.1, 0.15) is 39.0 Å². The lowest BCUT2D eigenvalue weighted by molar-refractivity contribution is -0.118. The summed E-state index contributed by atoms with van der Waals surface area (Å²) in [6, 6.07) is 2.85. The minimum Gasteiger partial charge on any atom is -0.495 e. The van der Waals surface area contributed by atoms with Crippen molar-refractivity contribution in [3.05, 3.63) is 18.2 Å². The maximum Gasteiger partial charge on any atom is 0.312 e. The van der Waals surface area contributed by atoms with Gasteiger partial charge in [0, 0.05) is 18.8 Å². The molecule has 3 amide bonds. The van der Waals surface area contributed by atoms with Crippen LogP contribution >= 0.6 is 0 Å². The SMILES string of the molecule is CCC[C@@H](NC(N)=O)C(=O)Nc1ccc(OC)c(S(=O)(=O)N2CCCCC2)c1. The third-order valence-corrected chi connectivity index (χ3v) is 6.49. The van der Waals surface area contributed by atoms with Crippen molar-refractivity contribution in [1.29, 1.82) is 0 Å². The number of amides is 3. The molecule has 1 aliphatic rings. The minimum absolute atomic E-state index is 0.00426. The molecule has 1 heterocycles. The van der Waals surface area contributed by atoms with E-state index in [1.54, 1.807) is 6.07 Å². The molecule has 9 nitrogen and oxygen atoms in total. The minimum atomic E-state index is -3.75. The molecule has 4 N–H and O–H groups in total. The molecule has 0 unspecified atom stereocenters. The second-order valence-electron chi connectivity index (χ2n) is 6.67. The number of piperidine rings is 1. The molecule has 0 aliphatic carbocycles. The lowest BCUT2D eigenvalue weighted by Crippen LogP contribution is -2.46. The van der Waals surface area contributed by atoms with Gasteiger partial charge < -0.3 is 21.1 Å². The van der Waals surface area contributed by atoms with E-state index in [1.807, 2.05) is 6.92 Å². The standard InChI is InChI=1S/C18H28N4O5S/c1-3-7-14(21-18(19)24)17(23)20-13-8-9-15(27-2)16(12-13)28(25,26)22-10-5-4-6-11-22/h8-9,12,14H,3-7,10-11H2,1-2H3,(H,20,23)(H3,19,21,24)/t14-/m1/s1. The number of hydrogen-bond donors (Lipinski definition) is 3. The molecule has 10 heteroatoms. The lowest BCUT2D eigenvalue weighted by Gasteiger charge is -2.26. The molecule has 156 valence electrons. The first-order chi connectivity index (χ1) is 13.3. The fourth-order valence-electron chi connectivity index (χ4n) is 3.16. The van der Waals surface area contributed by atoms with E-state index < -0.39 is 28.0 Å². The highest BCUT2D eigenvalue weighted by atomic mass is 32.2. The van der Waals surface area contributed by atoms with Crippen molar-refractivity contribution in [2.75, 3.05) is 25.5 Å². The molecule has 0 bridgehead atoms. The molecule has 0 spiro atoms. The van der Waals surface area contributed by atoms with Crippen molar-refractivity contribution in [3.63, 3.8) is 0 Å². The quantitative estimate of drug-likeness (QED) is 0.597. The number of nitrogens with one attached hydrogen (secondary N) is 2. The van der Waals surface area contributed by atoms with Crippen molar-refractivity contribution in [2.45, 2.75) is 50.0 Å². The van der Waals surface area contributed by atoms with Crippen LogP contribution in [0.3, 0.4) is 0 Å². The Morgan fingerprint density at radius 1 is 1.25 bits per heavy atom. The van der Waals surface area contributed by atoms with Crippen molar-refractivity contribution < 1.29 is 22.7 Å². The first kappa shape index (κ1) is 22.0. The Bertz CT molecular complexity index is 806. The van der Waals surface area contributed by atoms with Gasteiger partial charge in [-0.3, -0.25) is 4.79 Å². The summed E-state index contributed by atoms with van der Waals surface area (Å²) in [5.74, 6) is -0.254. The average Bonchev–Trinajstić information content (AvgIpc) is 2.68. The Balaban J connectivity index is 2.28. The molecule has 1 fully saturated rings. The average molecular weight is 413 g/mol. The second kappa shape index (κ2) is 9.74. The molecule has 2 rings (SSSR count). The summed E-state index contributed by atoms with van der Waals surface area (Å²) < 4.78 is 32.8. The maximum atomic E-state index is 13.0. The third-order valence-electron chi connectivity index (χ3n) is 4.57. The number of anilines is 1. The normalized spacial score (nSPS) is 16.2. The van der Waals surface area contributed by atoms with E-state index in [0.29, 0.717) is 31.6 Å². The summed E-state index contributed by atoms with van der Waals surface area (Å²) in [4.78, 5) is 23.6. The van der Waals surface area contributed by atoms with Crippen molar-refractivity contribution in [2.24, 2.45) is 5.73 Å². The first-order valence-corrected chi connectivity index (χ1v) is 10.8. The molecule has 0 aromatic heterocycles. The number of carbonyl (C=O) groups excluding carboxylic acids is 2. The van der Waals surface area contributed by atoms with Crippen LogP contribution in [0.4, 0.5) is 10.5 Å². The molecular formula is C18H28N4O5S. The summed E-state index contributed by atoms with van der Waals surface area (Å²) in [6.07, 6.45) is 3.70. The van der Waals surface area contributed by atoms with Crippen LogP contribution in [0.5, 0.6) is 5.75 Å². The fourth-order valence-corrected chi connectivity index (χ4v) is 4.86. The Morgan fingerprint density at radius 3 is 2.50 bits per heavy atom. The predicted molar refractivity (Wildman–Crippen MR) is 106 cm³/mol. The van der Waals surface area contributed by atoms with Crippen molar-refractivity contribution in [1.82, 2.24) is 9.62 Å². The van der Waals surface area contributed by atoms with Gasteiger partial charge in [-0.25, -0.2) is 13.2 Å². The van der Waals surface area contributed by atoms with E-state index in [1.165, 1.54) is 23.5 Å². The van der Waals surface area contributed by atoms with Gasteiger partial charge in [0.05, 0.1) is 7.11 Å². The van der Waals surface area contributed by atoms with Crippen LogP contribution in [0, 0.1) is 0 Å². The third kappa shape index (κ3) is 5.35. The van der Waals surface area contributed by atoms with Gasteiger partial charge in [-0.15, -0.1) is 0 Å². The zero-order valence-electron chi connectivity index (χ0n) is 16.2. The van der Waals surface area contributed by atoms with Gasteiger partial charge in [0.2, 0.25) is 15.9 Å². The van der Waals surface area contributed by atoms with Crippen LogP contribution in [0.15, 0.2) is 23.1 Å². The summed E-state index contributed by atoms with van der Waals surface area (Å²) in [6.45, 7) is 2.80. The molecule has 1 aliphatic heterocycles. The molecule has 1 atom stereocenters. The molecule has 1 aromatic rings. The second-order valence-corrected chi connectivity index (χ2v) is 8.58. The van der Waals surface area contributed by atoms with E-state index in [-0.39, 0.29) is 10.6 Å². The molecule has 0 radical (unpaired) electrons. The van der Waals surface area contributed by atoms with Gasteiger partial charge >= 0.3 is 6.03 Å². The van der Waals surface area contributed by atoms with E-state index in [2.05, 4.69) is 10.6 Å². The lowest BCUT2D eigenvalue weighted by atomic mass is 10.1. The molecule has 1 aromatic carbocycles. The van der Waals surface area contributed by atoms with Crippen LogP contribution in [-0.2, 0) is 14.8 Å². The topological polar surface area (TPSA) is 131 Å². The summed E-state index contributed by atoms with van der Waals surface area (Å²) in [7, 11) is -2.35. The van der Waals surface area contributed by atoms with E-state index >= 15 is 0 Å². The summed E-state index contributed by atoms with van der Waals surface area (Å²) in [5.41, 5.74) is 5.42. The van der Waals surface area contributed by atoms with Crippen LogP contribution in [0.25, 0.3) is 0 Å². The number of rotatable bonds is 8. The Kier molecular flexibility index (Phi) is 7.64. The van der Waals surface area contributed by atoms with Crippen LogP contribution in [0.2, 0.25) is 0 Å². The van der Waals surface area contributed by atoms with Gasteiger partial charge in [-0.05, 0) is 37.5 Å². The van der Waals surface area contributed by atoms with Crippen molar-refractivity contribution in [3.8, 4) is 5.75 Å². The largest absolute Gasteiger partial charge is 0.495 e. The summed E-state index contributed by atoms with van der Waals surface area (Å²) in [5, 5.41) is 5.05. The van der Waals surface area contributed by atoms with Gasteiger partial charge in [-0.2, -0.15) is 4.31 Å². The number of primary amides is 1. The van der Waals surface area contributed by atoms with Gasteiger partial charge in [0.25, 0.3) is 0 Å². The monoisotopic (exact) mass is 412 g/mol. The zero-order valence-corrected chi connectivity index (χ0v) is 17.0. The van der Waals surface area contributed by atoms with E-state index in [4.69, 9.17) is 10.5 Å². The highest BCUT2D eigenvalue weighted by Gasteiger charge is 2.29. The number of sulfonamides is 1. The van der Waals surface area contributed by atoms with Crippen molar-refractivity contribution >= 4 is 27.6 Å². The zero-order chi connectivity index (χ0) is 20.7. The van der Waals surface area contributed by atoms with Gasteiger partial charge in [-0.1, -0.05) is 19.8 Å². The Labute approximate surface area is 165 Å². The number of urea groups is 1. The molecule has 0 saturated carbocycles. The first-order valence-electron chi connectivity index (χ1n) is 9.34. The summed E-state index contributed by atoms with van der Waals surface area (Å²) >= 11 is 0. The Hall–Kier alpha value is -2.33. The number of nitrogens with zero attached hydrogens (tertiary/aromatic N) is 1.